The molecule has 0 radical (unpaired) electrons. The number of ether oxygens (including phenoxy) is 1. The molecule has 0 bridgehead atoms. The summed E-state index contributed by atoms with van der Waals surface area (Å²) >= 11 is 7.28. The maximum Gasteiger partial charge on any atom is 0.341 e. The highest BCUT2D eigenvalue weighted by Crippen LogP contribution is 2.41. The van der Waals surface area contributed by atoms with Crippen molar-refractivity contribution < 1.29 is 13.9 Å². The summed E-state index contributed by atoms with van der Waals surface area (Å²) in [5, 5.41) is 4.46. The number of carbonyl (C=O) groups excluding carboxylic acids is 1. The number of nitrogens with one attached hydrogen (secondary N) is 1. The second kappa shape index (κ2) is 9.38. The second-order valence-corrected chi connectivity index (χ2v) is 9.40. The van der Waals surface area contributed by atoms with Crippen LogP contribution in [0, 0.1) is 12.7 Å². The molecule has 7 heteroatoms. The van der Waals surface area contributed by atoms with Gasteiger partial charge in [-0.15, -0.1) is 11.3 Å². The lowest BCUT2D eigenvalue weighted by Crippen LogP contribution is -2.44. The van der Waals surface area contributed by atoms with E-state index in [0.717, 1.165) is 40.1 Å². The molecular weight excluding hydrogens is 443 g/mol. The number of thiophene rings is 1. The quantitative estimate of drug-likeness (QED) is 0.346. The number of aryl methyl sites for hydroxylation is 2. The fourth-order valence-corrected chi connectivity index (χ4v) is 5.68. The minimum Gasteiger partial charge on any atom is -0.462 e. The number of nitrogens with zero attached hydrogens (tertiary/aromatic N) is 1. The van der Waals surface area contributed by atoms with E-state index in [4.69, 9.17) is 17.0 Å². The largest absolute Gasteiger partial charge is 0.462 e. The van der Waals surface area contributed by atoms with Crippen molar-refractivity contribution >= 4 is 45.3 Å². The van der Waals surface area contributed by atoms with Crippen molar-refractivity contribution in [2.45, 2.75) is 39.7 Å². The number of thiocarbonyl (C=S) groups is 1. The average Bonchev–Trinajstić information content (AvgIpc) is 3.10. The van der Waals surface area contributed by atoms with Crippen molar-refractivity contribution in [2.24, 2.45) is 0 Å². The third-order valence-corrected chi connectivity index (χ3v) is 6.96. The molecule has 0 amide bonds. The maximum absolute atomic E-state index is 13.8. The van der Waals surface area contributed by atoms with Crippen LogP contribution in [0.25, 0.3) is 11.1 Å². The summed E-state index contributed by atoms with van der Waals surface area (Å²) in [6.07, 6.45) is 1.67. The molecule has 4 nitrogen and oxygen atoms in total. The third kappa shape index (κ3) is 4.27. The summed E-state index contributed by atoms with van der Waals surface area (Å²) in [4.78, 5) is 16.0. The molecule has 0 fully saturated rings. The van der Waals surface area contributed by atoms with Gasteiger partial charge in [0.1, 0.15) is 16.4 Å². The summed E-state index contributed by atoms with van der Waals surface area (Å²) in [6.45, 7) is 6.17. The minimum absolute atomic E-state index is 0.147. The molecule has 3 aromatic rings. The van der Waals surface area contributed by atoms with Crippen LogP contribution in [0.5, 0.6) is 0 Å². The van der Waals surface area contributed by atoms with Gasteiger partial charge in [0.25, 0.3) is 0 Å². The normalized spacial score (nSPS) is 15.2. The Morgan fingerprint density at radius 1 is 1.28 bits per heavy atom. The zero-order chi connectivity index (χ0) is 22.8. The first-order valence-corrected chi connectivity index (χ1v) is 11.9. The molecule has 1 aliphatic rings. The molecule has 1 unspecified atom stereocenters. The first-order chi connectivity index (χ1) is 15.4. The van der Waals surface area contributed by atoms with E-state index >= 15 is 0 Å². The second-order valence-electron chi connectivity index (χ2n) is 7.78. The smallest absolute Gasteiger partial charge is 0.341 e. The maximum atomic E-state index is 13.8. The van der Waals surface area contributed by atoms with Crippen LogP contribution >= 0.6 is 23.6 Å². The van der Waals surface area contributed by atoms with Gasteiger partial charge in [0.15, 0.2) is 5.11 Å². The standard InChI is InChI=1S/C25H25FN2O2S2/c1-4-30-24(29)22-21(17-8-6-5-7-9-17)16(3)32-23(22)27-25(31)28-15(2)10-11-18-14-19(26)12-13-20(18)28/h5-9,12-15H,4,10-11H2,1-3H3,(H,27,31). The minimum atomic E-state index is -0.379. The zero-order valence-electron chi connectivity index (χ0n) is 18.3. The van der Waals surface area contributed by atoms with Gasteiger partial charge in [0.05, 0.1) is 6.61 Å². The fraction of sp³-hybridized carbons (Fsp3) is 0.280. The van der Waals surface area contributed by atoms with Crippen LogP contribution in [0.2, 0.25) is 0 Å². The van der Waals surface area contributed by atoms with Crippen LogP contribution in [-0.4, -0.2) is 23.7 Å². The van der Waals surface area contributed by atoms with Crippen molar-refractivity contribution in [3.8, 4) is 11.1 Å². The third-order valence-electron chi connectivity index (χ3n) is 5.64. The number of hydrogen-bond acceptors (Lipinski definition) is 4. The van der Waals surface area contributed by atoms with E-state index in [-0.39, 0.29) is 24.4 Å². The lowest BCUT2D eigenvalue weighted by molar-refractivity contribution is 0.0529. The molecule has 4 rings (SSSR count). The molecule has 32 heavy (non-hydrogen) atoms. The average molecular weight is 469 g/mol. The van der Waals surface area contributed by atoms with Gasteiger partial charge in [-0.2, -0.15) is 0 Å². The highest BCUT2D eigenvalue weighted by atomic mass is 32.1. The lowest BCUT2D eigenvalue weighted by Gasteiger charge is -2.37. The number of halogens is 1. The van der Waals surface area contributed by atoms with Gasteiger partial charge >= 0.3 is 5.97 Å². The van der Waals surface area contributed by atoms with Gasteiger partial charge in [-0.05, 0) is 75.2 Å². The predicted octanol–water partition coefficient (Wildman–Crippen LogP) is 6.58. The van der Waals surface area contributed by atoms with Crippen molar-refractivity contribution in [1.82, 2.24) is 0 Å². The van der Waals surface area contributed by atoms with Gasteiger partial charge in [-0.1, -0.05) is 30.3 Å². The number of esters is 1. The lowest BCUT2D eigenvalue weighted by atomic mass is 9.97. The summed E-state index contributed by atoms with van der Waals surface area (Å²) in [7, 11) is 0. The van der Waals surface area contributed by atoms with Crippen molar-refractivity contribution in [1.29, 1.82) is 0 Å². The van der Waals surface area contributed by atoms with Crippen LogP contribution in [0.15, 0.2) is 48.5 Å². The highest BCUT2D eigenvalue weighted by molar-refractivity contribution is 7.80. The Morgan fingerprint density at radius 2 is 2.03 bits per heavy atom. The molecule has 1 aromatic heterocycles. The molecule has 2 aromatic carbocycles. The Morgan fingerprint density at radius 3 is 2.75 bits per heavy atom. The van der Waals surface area contributed by atoms with E-state index in [2.05, 4.69) is 12.2 Å². The number of fused-ring (bicyclic) bond motifs is 1. The molecule has 2 heterocycles. The molecular formula is C25H25FN2O2S2. The number of benzene rings is 2. The highest BCUT2D eigenvalue weighted by Gasteiger charge is 2.29. The van der Waals surface area contributed by atoms with Crippen LogP contribution in [0.3, 0.4) is 0 Å². The van der Waals surface area contributed by atoms with E-state index in [0.29, 0.717) is 15.7 Å². The van der Waals surface area contributed by atoms with Crippen molar-refractivity contribution in [3.63, 3.8) is 0 Å². The fourth-order valence-electron chi connectivity index (χ4n) is 4.17. The molecule has 0 aliphatic carbocycles. The van der Waals surface area contributed by atoms with Gasteiger partial charge in [0, 0.05) is 22.2 Å². The van der Waals surface area contributed by atoms with Gasteiger partial charge in [-0.3, -0.25) is 0 Å². The zero-order valence-corrected chi connectivity index (χ0v) is 19.9. The van der Waals surface area contributed by atoms with Crippen LogP contribution in [0.1, 0.15) is 41.1 Å². The molecule has 0 saturated carbocycles. The predicted molar refractivity (Wildman–Crippen MR) is 133 cm³/mol. The first kappa shape index (κ1) is 22.4. The Balaban J connectivity index is 1.73. The number of rotatable bonds is 4. The molecule has 166 valence electrons. The molecule has 0 spiro atoms. The summed E-state index contributed by atoms with van der Waals surface area (Å²) in [6, 6.07) is 14.8. The van der Waals surface area contributed by atoms with Crippen LogP contribution < -0.4 is 10.2 Å². The summed E-state index contributed by atoms with van der Waals surface area (Å²) in [5.41, 5.74) is 4.14. The molecule has 1 aliphatic heterocycles. The summed E-state index contributed by atoms with van der Waals surface area (Å²) in [5.74, 6) is -0.627. The Labute approximate surface area is 197 Å². The molecule has 1 N–H and O–H groups in total. The number of hydrogen-bond donors (Lipinski definition) is 1. The van der Waals surface area contributed by atoms with Crippen LogP contribution in [0.4, 0.5) is 15.1 Å². The monoisotopic (exact) mass is 468 g/mol. The first-order valence-electron chi connectivity index (χ1n) is 10.6. The van der Waals surface area contributed by atoms with E-state index in [9.17, 15) is 9.18 Å². The van der Waals surface area contributed by atoms with Gasteiger partial charge in [0.2, 0.25) is 0 Å². The Bertz CT molecular complexity index is 1160. The Kier molecular flexibility index (Phi) is 6.58. The Hall–Kier alpha value is -2.77. The molecule has 0 saturated heterocycles. The van der Waals surface area contributed by atoms with E-state index in [1.165, 1.54) is 17.4 Å². The number of carbonyl (C=O) groups is 1. The summed E-state index contributed by atoms with van der Waals surface area (Å²) < 4.78 is 19.2. The topological polar surface area (TPSA) is 41.6 Å². The van der Waals surface area contributed by atoms with Crippen molar-refractivity contribution in [2.75, 3.05) is 16.8 Å². The SMILES string of the molecule is CCOC(=O)c1c(NC(=S)N2c3ccc(F)cc3CCC2C)sc(C)c1-c1ccccc1. The van der Waals surface area contributed by atoms with E-state index in [1.54, 1.807) is 19.1 Å². The van der Waals surface area contributed by atoms with E-state index in [1.807, 2.05) is 42.2 Å². The van der Waals surface area contributed by atoms with Crippen molar-refractivity contribution in [3.05, 3.63) is 70.4 Å². The van der Waals surface area contributed by atoms with Gasteiger partial charge in [-0.25, -0.2) is 9.18 Å². The molecule has 1 atom stereocenters. The van der Waals surface area contributed by atoms with E-state index < -0.39 is 0 Å². The van der Waals surface area contributed by atoms with Gasteiger partial charge < -0.3 is 15.0 Å². The number of anilines is 2. The van der Waals surface area contributed by atoms with Crippen LogP contribution in [-0.2, 0) is 11.2 Å².